The van der Waals surface area contributed by atoms with E-state index in [-0.39, 0.29) is 12.3 Å². The summed E-state index contributed by atoms with van der Waals surface area (Å²) in [4.78, 5) is 15.4. The second-order valence-electron chi connectivity index (χ2n) is 4.99. The van der Waals surface area contributed by atoms with Crippen LogP contribution in [0.15, 0.2) is 48.7 Å². The molecule has 1 aromatic heterocycles. The van der Waals surface area contributed by atoms with Gasteiger partial charge in [0.1, 0.15) is 0 Å². The van der Waals surface area contributed by atoms with E-state index < -0.39 is 0 Å². The summed E-state index contributed by atoms with van der Waals surface area (Å²) in [5.41, 5.74) is 3.54. The van der Waals surface area contributed by atoms with Gasteiger partial charge in [0.2, 0.25) is 0 Å². The van der Waals surface area contributed by atoms with Crippen LogP contribution in [0.4, 0.5) is 5.69 Å². The number of carbonyl (C=O) groups excluding carboxylic acids is 1. The molecule has 1 heterocycles. The van der Waals surface area contributed by atoms with Crippen LogP contribution in [0.5, 0.6) is 0 Å². The predicted octanol–water partition coefficient (Wildman–Crippen LogP) is 4.42. The van der Waals surface area contributed by atoms with Gasteiger partial charge in [-0.3, -0.25) is 4.79 Å². The number of fused-ring (bicyclic) bond motifs is 1. The molecule has 0 unspecified atom stereocenters. The van der Waals surface area contributed by atoms with Crippen molar-refractivity contribution in [2.45, 2.75) is 6.92 Å². The minimum Gasteiger partial charge on any atom is -0.378 e. The number of aromatic nitrogens is 1. The first-order valence-electron chi connectivity index (χ1n) is 6.74. The fraction of sp³-hybridized carbons (Fsp3) is 0.118. The van der Waals surface area contributed by atoms with Crippen LogP contribution in [-0.4, -0.2) is 17.3 Å². The van der Waals surface area contributed by atoms with Gasteiger partial charge < -0.3 is 10.3 Å². The lowest BCUT2D eigenvalue weighted by Gasteiger charge is -2.07. The zero-order chi connectivity index (χ0) is 14.8. The highest BCUT2D eigenvalue weighted by Gasteiger charge is 2.11. The summed E-state index contributed by atoms with van der Waals surface area (Å²) < 4.78 is 0. The van der Waals surface area contributed by atoms with Crippen molar-refractivity contribution in [3.8, 4) is 0 Å². The summed E-state index contributed by atoms with van der Waals surface area (Å²) in [5.74, 6) is 0.0455. The lowest BCUT2D eigenvalue weighted by Crippen LogP contribution is -2.13. The van der Waals surface area contributed by atoms with Gasteiger partial charge in [0.05, 0.1) is 6.54 Å². The molecule has 0 atom stereocenters. The minimum absolute atomic E-state index is 0.0455. The number of ketones is 1. The number of H-pyrrole nitrogens is 1. The van der Waals surface area contributed by atoms with E-state index in [2.05, 4.69) is 10.3 Å². The molecule has 0 fully saturated rings. The van der Waals surface area contributed by atoms with Crippen LogP contribution >= 0.6 is 11.6 Å². The summed E-state index contributed by atoms with van der Waals surface area (Å²) in [7, 11) is 0. The number of halogens is 1. The van der Waals surface area contributed by atoms with Gasteiger partial charge in [0.15, 0.2) is 5.78 Å². The second-order valence-corrected chi connectivity index (χ2v) is 5.40. The molecule has 4 heteroatoms. The molecule has 106 valence electrons. The number of nitrogens with one attached hydrogen (secondary N) is 2. The summed E-state index contributed by atoms with van der Waals surface area (Å²) in [6, 6.07) is 13.5. The van der Waals surface area contributed by atoms with Crippen molar-refractivity contribution in [3.63, 3.8) is 0 Å². The Morgan fingerprint density at radius 1 is 1.24 bits per heavy atom. The molecule has 2 N–H and O–H groups in total. The van der Waals surface area contributed by atoms with Crippen LogP contribution in [0, 0.1) is 6.92 Å². The number of carbonyl (C=O) groups is 1. The molecule has 0 saturated carbocycles. The molecule has 0 saturated heterocycles. The standard InChI is InChI=1S/C17H15ClN2O/c1-11-6-7-12(8-15(11)18)19-10-17(21)14-9-20-16-5-3-2-4-13(14)16/h2-9,19-20H,10H2,1H3. The Hall–Kier alpha value is -2.26. The van der Waals surface area contributed by atoms with Crippen LogP contribution in [-0.2, 0) is 0 Å². The molecule has 3 nitrogen and oxygen atoms in total. The van der Waals surface area contributed by atoms with E-state index in [1.54, 1.807) is 6.20 Å². The van der Waals surface area contributed by atoms with E-state index >= 15 is 0 Å². The lowest BCUT2D eigenvalue weighted by atomic mass is 10.1. The van der Waals surface area contributed by atoms with Gasteiger partial charge in [0, 0.05) is 33.4 Å². The topological polar surface area (TPSA) is 44.9 Å². The number of anilines is 1. The van der Waals surface area contributed by atoms with Crippen LogP contribution < -0.4 is 5.32 Å². The quantitative estimate of drug-likeness (QED) is 0.700. The molecule has 0 aliphatic heterocycles. The Kier molecular flexibility index (Phi) is 3.67. The zero-order valence-electron chi connectivity index (χ0n) is 11.6. The van der Waals surface area contributed by atoms with E-state index in [9.17, 15) is 4.79 Å². The van der Waals surface area contributed by atoms with E-state index in [4.69, 9.17) is 11.6 Å². The average molecular weight is 299 g/mol. The van der Waals surface area contributed by atoms with Gasteiger partial charge in [-0.1, -0.05) is 35.9 Å². The number of para-hydroxylation sites is 1. The first-order valence-corrected chi connectivity index (χ1v) is 7.12. The predicted molar refractivity (Wildman–Crippen MR) is 87.3 cm³/mol. The summed E-state index contributed by atoms with van der Waals surface area (Å²) in [6.07, 6.45) is 1.76. The van der Waals surface area contributed by atoms with Crippen LogP contribution in [0.3, 0.4) is 0 Å². The molecular weight excluding hydrogens is 284 g/mol. The number of aromatic amines is 1. The van der Waals surface area contributed by atoms with Crippen molar-refractivity contribution >= 4 is 34.0 Å². The maximum absolute atomic E-state index is 12.3. The van der Waals surface area contributed by atoms with Crippen LogP contribution in [0.2, 0.25) is 5.02 Å². The number of hydrogen-bond acceptors (Lipinski definition) is 2. The highest BCUT2D eigenvalue weighted by molar-refractivity contribution is 6.31. The van der Waals surface area contributed by atoms with Gasteiger partial charge >= 0.3 is 0 Å². The minimum atomic E-state index is 0.0455. The molecule has 0 aliphatic carbocycles. The van der Waals surface area contributed by atoms with Gasteiger partial charge in [-0.05, 0) is 30.7 Å². The van der Waals surface area contributed by atoms with E-state index in [0.717, 1.165) is 22.2 Å². The Labute approximate surface area is 127 Å². The third kappa shape index (κ3) is 2.78. The van der Waals surface area contributed by atoms with Crippen molar-refractivity contribution < 1.29 is 4.79 Å². The number of benzene rings is 2. The van der Waals surface area contributed by atoms with Crippen molar-refractivity contribution in [2.24, 2.45) is 0 Å². The zero-order valence-corrected chi connectivity index (χ0v) is 12.4. The summed E-state index contributed by atoms with van der Waals surface area (Å²) in [5, 5.41) is 4.76. The van der Waals surface area contributed by atoms with Crippen LogP contribution in [0.1, 0.15) is 15.9 Å². The Balaban J connectivity index is 1.76. The maximum Gasteiger partial charge on any atom is 0.183 e. The lowest BCUT2D eigenvalue weighted by molar-refractivity contribution is 0.101. The monoisotopic (exact) mass is 298 g/mol. The molecule has 0 spiro atoms. The number of aryl methyl sites for hydroxylation is 1. The SMILES string of the molecule is Cc1ccc(NCC(=O)c2c[nH]c3ccccc23)cc1Cl. The van der Waals surface area contributed by atoms with Crippen molar-refractivity contribution in [1.29, 1.82) is 0 Å². The summed E-state index contributed by atoms with van der Waals surface area (Å²) >= 11 is 6.08. The second kappa shape index (κ2) is 5.62. The normalized spacial score (nSPS) is 10.8. The highest BCUT2D eigenvalue weighted by Crippen LogP contribution is 2.21. The molecule has 0 radical (unpaired) electrons. The molecule has 0 aliphatic rings. The maximum atomic E-state index is 12.3. The molecule has 2 aromatic carbocycles. The first-order chi connectivity index (χ1) is 10.1. The van der Waals surface area contributed by atoms with Gasteiger partial charge in [-0.15, -0.1) is 0 Å². The molecule has 21 heavy (non-hydrogen) atoms. The molecule has 0 amide bonds. The van der Waals surface area contributed by atoms with E-state index in [1.807, 2.05) is 49.4 Å². The third-order valence-corrected chi connectivity index (χ3v) is 3.92. The fourth-order valence-corrected chi connectivity index (χ4v) is 2.46. The number of Topliss-reactive ketones (excluding diaryl/α,β-unsaturated/α-hetero) is 1. The third-order valence-electron chi connectivity index (χ3n) is 3.51. The van der Waals surface area contributed by atoms with Gasteiger partial charge in [-0.25, -0.2) is 0 Å². The van der Waals surface area contributed by atoms with E-state index in [1.165, 1.54) is 0 Å². The highest BCUT2D eigenvalue weighted by atomic mass is 35.5. The van der Waals surface area contributed by atoms with Crippen LogP contribution in [0.25, 0.3) is 10.9 Å². The Morgan fingerprint density at radius 2 is 2.05 bits per heavy atom. The largest absolute Gasteiger partial charge is 0.378 e. The fourth-order valence-electron chi connectivity index (χ4n) is 2.28. The van der Waals surface area contributed by atoms with Crippen molar-refractivity contribution in [1.82, 2.24) is 4.98 Å². The molecule has 0 bridgehead atoms. The number of hydrogen-bond donors (Lipinski definition) is 2. The Bertz CT molecular complexity index is 807. The average Bonchev–Trinajstić information content (AvgIpc) is 2.92. The van der Waals surface area contributed by atoms with Crippen molar-refractivity contribution in [2.75, 3.05) is 11.9 Å². The van der Waals surface area contributed by atoms with Gasteiger partial charge in [-0.2, -0.15) is 0 Å². The molecule has 3 rings (SSSR count). The van der Waals surface area contributed by atoms with E-state index in [0.29, 0.717) is 10.6 Å². The molecular formula is C17H15ClN2O. The Morgan fingerprint density at radius 3 is 2.86 bits per heavy atom. The van der Waals surface area contributed by atoms with Gasteiger partial charge in [0.25, 0.3) is 0 Å². The first kappa shape index (κ1) is 13.7. The summed E-state index contributed by atoms with van der Waals surface area (Å²) in [6.45, 7) is 2.18. The molecule has 3 aromatic rings. The van der Waals surface area contributed by atoms with Crippen molar-refractivity contribution in [3.05, 3.63) is 64.8 Å². The number of rotatable bonds is 4. The smallest absolute Gasteiger partial charge is 0.183 e.